The summed E-state index contributed by atoms with van der Waals surface area (Å²) in [5.74, 6) is -6.18. The fraction of sp³-hybridized carbons (Fsp3) is 0.269. The van der Waals surface area contributed by atoms with Crippen LogP contribution in [0.2, 0.25) is 0 Å². The summed E-state index contributed by atoms with van der Waals surface area (Å²) in [4.78, 5) is 37.4. The number of ketones is 1. The van der Waals surface area contributed by atoms with Crippen molar-refractivity contribution in [3.05, 3.63) is 70.7 Å². The lowest BCUT2D eigenvalue weighted by atomic mass is 9.87. The highest BCUT2D eigenvalue weighted by Gasteiger charge is 2.50. The molecular weight excluding hydrogens is 560 g/mol. The van der Waals surface area contributed by atoms with Crippen molar-refractivity contribution in [1.82, 2.24) is 24.8 Å². The lowest BCUT2D eigenvalue weighted by molar-refractivity contribution is -0.138. The minimum Gasteiger partial charge on any atom is -0.431 e. The smallest absolute Gasteiger partial charge is 0.417 e. The summed E-state index contributed by atoms with van der Waals surface area (Å²) in [7, 11) is 0. The van der Waals surface area contributed by atoms with Crippen LogP contribution in [0.1, 0.15) is 63.4 Å². The van der Waals surface area contributed by atoms with Crippen LogP contribution in [0, 0.1) is 5.82 Å². The summed E-state index contributed by atoms with van der Waals surface area (Å²) in [6.45, 7) is -2.65. The standard InChI is InChI=1S/C26H17F6N5O4/c1-9(38)20(39)22-33-7-6-11(34-22)15-18(26(30,31)32)16-14-8-12(23-35-10-4-2-3-5-13(10)37(14)23)36-24(40)17(16)21(19(15)27)41-25(28)29/h2-7,9,12,14,25,38H,8H2,1H3,(H,36,40)/t9?,12-,14-/m1/s1. The topological polar surface area (TPSA) is 119 Å². The van der Waals surface area contributed by atoms with Gasteiger partial charge in [0.2, 0.25) is 5.78 Å². The van der Waals surface area contributed by atoms with E-state index in [1.54, 1.807) is 24.3 Å². The number of aliphatic hydroxyl groups excluding tert-OH is 1. The number of alkyl halides is 5. The van der Waals surface area contributed by atoms with Gasteiger partial charge in [0.15, 0.2) is 17.4 Å². The van der Waals surface area contributed by atoms with Crippen LogP contribution in [0.5, 0.6) is 5.75 Å². The van der Waals surface area contributed by atoms with Crippen molar-refractivity contribution in [2.45, 2.75) is 44.3 Å². The number of nitrogens with one attached hydrogen (secondary N) is 1. The first-order valence-corrected chi connectivity index (χ1v) is 12.1. The molecule has 212 valence electrons. The molecule has 1 unspecified atom stereocenters. The summed E-state index contributed by atoms with van der Waals surface area (Å²) < 4.78 is 94.1. The van der Waals surface area contributed by atoms with Crippen LogP contribution in [-0.4, -0.2) is 49.0 Å². The fourth-order valence-electron chi connectivity index (χ4n) is 5.48. The van der Waals surface area contributed by atoms with Gasteiger partial charge in [-0.15, -0.1) is 0 Å². The van der Waals surface area contributed by atoms with Gasteiger partial charge in [-0.2, -0.15) is 22.0 Å². The number of amides is 1. The molecule has 0 saturated carbocycles. The van der Waals surface area contributed by atoms with Gasteiger partial charge in [-0.25, -0.2) is 19.3 Å². The van der Waals surface area contributed by atoms with Crippen molar-refractivity contribution in [2.24, 2.45) is 0 Å². The van der Waals surface area contributed by atoms with Crippen molar-refractivity contribution in [1.29, 1.82) is 0 Å². The number of imidazole rings is 1. The second kappa shape index (κ2) is 9.26. The van der Waals surface area contributed by atoms with E-state index < -0.39 is 88.0 Å². The largest absolute Gasteiger partial charge is 0.431 e. The summed E-state index contributed by atoms with van der Waals surface area (Å²) in [5, 5.41) is 12.1. The van der Waals surface area contributed by atoms with Crippen LogP contribution in [0.25, 0.3) is 22.3 Å². The molecule has 9 nitrogen and oxygen atoms in total. The van der Waals surface area contributed by atoms with Gasteiger partial charge in [-0.3, -0.25) is 9.59 Å². The molecule has 2 aromatic carbocycles. The van der Waals surface area contributed by atoms with Gasteiger partial charge >= 0.3 is 12.8 Å². The van der Waals surface area contributed by atoms with Crippen LogP contribution >= 0.6 is 0 Å². The third-order valence-corrected chi connectivity index (χ3v) is 7.01. The molecular formula is C26H17F6N5O4. The lowest BCUT2D eigenvalue weighted by Gasteiger charge is -2.27. The van der Waals surface area contributed by atoms with Gasteiger partial charge in [-0.1, -0.05) is 12.1 Å². The number of Topliss-reactive ketones (excluding diaryl/α,β-unsaturated/α-hetero) is 1. The van der Waals surface area contributed by atoms with E-state index in [2.05, 4.69) is 25.0 Å². The van der Waals surface area contributed by atoms with Gasteiger partial charge in [0.1, 0.15) is 11.9 Å². The zero-order valence-electron chi connectivity index (χ0n) is 20.7. The summed E-state index contributed by atoms with van der Waals surface area (Å²) in [6, 6.07) is 5.10. The Morgan fingerprint density at radius 2 is 1.90 bits per heavy atom. The van der Waals surface area contributed by atoms with Crippen LogP contribution in [0.4, 0.5) is 26.3 Å². The molecule has 0 saturated heterocycles. The van der Waals surface area contributed by atoms with Crippen molar-refractivity contribution in [3.8, 4) is 17.0 Å². The van der Waals surface area contributed by atoms with E-state index in [0.717, 1.165) is 19.2 Å². The average molecular weight is 577 g/mol. The number of fused-ring (bicyclic) bond motifs is 9. The minimum atomic E-state index is -5.36. The molecule has 2 bridgehead atoms. The van der Waals surface area contributed by atoms with E-state index in [4.69, 9.17) is 0 Å². The third-order valence-electron chi connectivity index (χ3n) is 7.01. The second-order valence-corrected chi connectivity index (χ2v) is 9.47. The molecule has 1 amide bonds. The molecule has 2 N–H and O–H groups in total. The second-order valence-electron chi connectivity index (χ2n) is 9.47. The lowest BCUT2D eigenvalue weighted by Crippen LogP contribution is -2.30. The molecule has 15 heteroatoms. The van der Waals surface area contributed by atoms with Crippen LogP contribution in [-0.2, 0) is 6.18 Å². The van der Waals surface area contributed by atoms with Crippen molar-refractivity contribution in [3.63, 3.8) is 0 Å². The minimum absolute atomic E-state index is 0.149. The number of halogens is 6. The number of para-hydroxylation sites is 2. The fourth-order valence-corrected chi connectivity index (χ4v) is 5.48. The maximum Gasteiger partial charge on any atom is 0.417 e. The number of aliphatic hydroxyl groups is 1. The predicted molar refractivity (Wildman–Crippen MR) is 128 cm³/mol. The van der Waals surface area contributed by atoms with Crippen LogP contribution in [0.3, 0.4) is 0 Å². The first kappa shape index (κ1) is 26.7. The summed E-state index contributed by atoms with van der Waals surface area (Å²) in [6.07, 6.45) is -6.29. The molecule has 4 heterocycles. The molecule has 2 aromatic heterocycles. The van der Waals surface area contributed by atoms with Gasteiger partial charge in [-0.05, 0) is 31.5 Å². The highest BCUT2D eigenvalue weighted by atomic mass is 19.4. The number of aromatic nitrogens is 4. The number of ether oxygens (including phenoxy) is 1. The molecule has 2 aliphatic heterocycles. The summed E-state index contributed by atoms with van der Waals surface area (Å²) in [5.41, 5.74) is -4.82. The Balaban J connectivity index is 1.75. The van der Waals surface area contributed by atoms with E-state index in [1.165, 1.54) is 4.57 Å². The normalized spacial score (nSPS) is 18.6. The molecule has 2 aliphatic rings. The van der Waals surface area contributed by atoms with E-state index in [1.807, 2.05) is 0 Å². The third kappa shape index (κ3) is 4.10. The molecule has 3 atom stereocenters. The Hall–Kier alpha value is -4.53. The Morgan fingerprint density at radius 3 is 2.59 bits per heavy atom. The molecule has 4 aromatic rings. The van der Waals surface area contributed by atoms with Crippen molar-refractivity contribution >= 4 is 22.7 Å². The SMILES string of the molecule is CC(O)C(=O)c1nccc(-c2c(F)c(OC(F)F)c3c(c2C(F)(F)F)[C@H]2C[C@@H](NC3=O)c3nc4ccccc4n32)n1. The summed E-state index contributed by atoms with van der Waals surface area (Å²) >= 11 is 0. The van der Waals surface area contributed by atoms with Crippen LogP contribution in [0.15, 0.2) is 36.5 Å². The molecule has 0 radical (unpaired) electrons. The first-order valence-electron chi connectivity index (χ1n) is 12.1. The Bertz CT molecular complexity index is 1750. The quantitative estimate of drug-likeness (QED) is 0.263. The van der Waals surface area contributed by atoms with Gasteiger partial charge in [0, 0.05) is 11.8 Å². The van der Waals surface area contributed by atoms with Crippen LogP contribution < -0.4 is 10.1 Å². The maximum atomic E-state index is 16.1. The zero-order valence-corrected chi connectivity index (χ0v) is 20.7. The maximum absolute atomic E-state index is 16.1. The Labute approximate surface area is 225 Å². The number of rotatable bonds is 5. The van der Waals surface area contributed by atoms with E-state index in [-0.39, 0.29) is 12.2 Å². The highest BCUT2D eigenvalue weighted by molar-refractivity contribution is 6.02. The van der Waals surface area contributed by atoms with E-state index >= 15 is 17.6 Å². The number of nitrogens with zero attached hydrogens (tertiary/aromatic N) is 4. The van der Waals surface area contributed by atoms with E-state index in [9.17, 15) is 23.5 Å². The first-order chi connectivity index (χ1) is 19.4. The van der Waals surface area contributed by atoms with Crippen molar-refractivity contribution in [2.75, 3.05) is 0 Å². The van der Waals surface area contributed by atoms with Gasteiger partial charge in [0.05, 0.1) is 45.5 Å². The molecule has 0 spiro atoms. The average Bonchev–Trinajstić information content (AvgIpc) is 3.40. The number of benzene rings is 2. The Morgan fingerprint density at radius 1 is 1.17 bits per heavy atom. The molecule has 41 heavy (non-hydrogen) atoms. The number of carbonyl (C=O) groups is 2. The number of hydrogen-bond acceptors (Lipinski definition) is 7. The molecule has 0 aliphatic carbocycles. The number of hydrogen-bond donors (Lipinski definition) is 2. The highest BCUT2D eigenvalue weighted by Crippen LogP contribution is 2.53. The molecule has 6 rings (SSSR count). The monoisotopic (exact) mass is 577 g/mol. The van der Waals surface area contributed by atoms with Gasteiger partial charge in [0.25, 0.3) is 5.91 Å². The van der Waals surface area contributed by atoms with E-state index in [0.29, 0.717) is 11.0 Å². The van der Waals surface area contributed by atoms with Gasteiger partial charge < -0.3 is 19.7 Å². The Kier molecular flexibility index (Phi) is 6.02. The van der Waals surface area contributed by atoms with Crippen molar-refractivity contribution < 1.29 is 45.8 Å². The predicted octanol–water partition coefficient (Wildman–Crippen LogP) is 4.59. The zero-order chi connectivity index (χ0) is 29.4. The number of carbonyl (C=O) groups excluding carboxylic acids is 2. The molecule has 0 fully saturated rings.